The van der Waals surface area contributed by atoms with Gasteiger partial charge >= 0.3 is 0 Å². The molecule has 6 heteroatoms. The van der Waals surface area contributed by atoms with Gasteiger partial charge in [-0.05, 0) is 56.1 Å². The van der Waals surface area contributed by atoms with E-state index in [1.165, 1.54) is 12.1 Å². The van der Waals surface area contributed by atoms with Crippen LogP contribution in [0.25, 0.3) is 0 Å². The fraction of sp³-hybridized carbons (Fsp3) is 0. The molecule has 1 heterocycles. The molecule has 0 aliphatic rings. The zero-order valence-electron chi connectivity index (χ0n) is 8.35. The molecular formula is C11H6Br2ClFN2. The molecule has 1 N–H and O–H groups in total. The maximum atomic E-state index is 13.2. The van der Waals surface area contributed by atoms with Gasteiger partial charge in [-0.3, -0.25) is 0 Å². The van der Waals surface area contributed by atoms with Crippen LogP contribution in [0.3, 0.4) is 0 Å². The number of pyridine rings is 1. The van der Waals surface area contributed by atoms with Gasteiger partial charge in [0, 0.05) is 16.4 Å². The molecule has 0 amide bonds. The first-order valence-corrected chi connectivity index (χ1v) is 6.56. The average Bonchev–Trinajstić information content (AvgIpc) is 2.27. The molecule has 0 fully saturated rings. The highest BCUT2D eigenvalue weighted by molar-refractivity contribution is 9.11. The van der Waals surface area contributed by atoms with E-state index in [1.807, 2.05) is 6.07 Å². The van der Waals surface area contributed by atoms with Crippen molar-refractivity contribution in [3.8, 4) is 0 Å². The fourth-order valence-corrected chi connectivity index (χ4v) is 2.42. The first kappa shape index (κ1) is 12.8. The largest absolute Gasteiger partial charge is 0.339 e. The predicted octanol–water partition coefficient (Wildman–Crippen LogP) is 5.14. The smallest absolute Gasteiger partial charge is 0.144 e. The summed E-state index contributed by atoms with van der Waals surface area (Å²) in [6.45, 7) is 0. The zero-order valence-corrected chi connectivity index (χ0v) is 12.3. The number of aromatic nitrogens is 1. The van der Waals surface area contributed by atoms with Gasteiger partial charge in [0.2, 0.25) is 0 Å². The second-order valence-electron chi connectivity index (χ2n) is 3.24. The van der Waals surface area contributed by atoms with Crippen molar-refractivity contribution in [3.05, 3.63) is 50.2 Å². The summed E-state index contributed by atoms with van der Waals surface area (Å²) in [7, 11) is 0. The molecule has 0 saturated carbocycles. The molecule has 0 unspecified atom stereocenters. The van der Waals surface area contributed by atoms with Crippen molar-refractivity contribution >= 4 is 55.0 Å². The molecule has 2 nitrogen and oxygen atoms in total. The number of hydrogen-bond donors (Lipinski definition) is 1. The molecule has 2 rings (SSSR count). The van der Waals surface area contributed by atoms with Crippen LogP contribution < -0.4 is 5.32 Å². The van der Waals surface area contributed by atoms with Crippen LogP contribution in [-0.2, 0) is 0 Å². The standard InChI is InChI=1S/C11H6Br2ClFN2/c12-6-3-8(13)11(16-5-6)17-7-1-2-9(14)10(15)4-7/h1-5H,(H,16,17). The summed E-state index contributed by atoms with van der Waals surface area (Å²) >= 11 is 12.3. The number of nitrogens with one attached hydrogen (secondary N) is 1. The molecule has 88 valence electrons. The highest BCUT2D eigenvalue weighted by atomic mass is 79.9. The van der Waals surface area contributed by atoms with Crippen LogP contribution >= 0.6 is 43.5 Å². The minimum Gasteiger partial charge on any atom is -0.339 e. The van der Waals surface area contributed by atoms with Crippen molar-refractivity contribution in [2.75, 3.05) is 5.32 Å². The van der Waals surface area contributed by atoms with Gasteiger partial charge in [-0.1, -0.05) is 11.6 Å². The Bertz CT molecular complexity index is 563. The van der Waals surface area contributed by atoms with Crippen molar-refractivity contribution < 1.29 is 4.39 Å². The van der Waals surface area contributed by atoms with Crippen molar-refractivity contribution in [2.24, 2.45) is 0 Å². The summed E-state index contributed by atoms with van der Waals surface area (Å²) in [5.74, 6) is 0.139. The van der Waals surface area contributed by atoms with Crippen molar-refractivity contribution in [1.82, 2.24) is 4.98 Å². The Morgan fingerprint density at radius 1 is 1.24 bits per heavy atom. The quantitative estimate of drug-likeness (QED) is 0.780. The van der Waals surface area contributed by atoms with Crippen molar-refractivity contribution in [3.63, 3.8) is 0 Å². The average molecular weight is 380 g/mol. The van der Waals surface area contributed by atoms with Crippen molar-refractivity contribution in [1.29, 1.82) is 0 Å². The van der Waals surface area contributed by atoms with Gasteiger partial charge < -0.3 is 5.32 Å². The third-order valence-electron chi connectivity index (χ3n) is 1.99. The van der Waals surface area contributed by atoms with Gasteiger partial charge in [0.25, 0.3) is 0 Å². The Hall–Kier alpha value is -0.650. The van der Waals surface area contributed by atoms with Crippen LogP contribution in [0.2, 0.25) is 5.02 Å². The Balaban J connectivity index is 2.28. The lowest BCUT2D eigenvalue weighted by Crippen LogP contribution is -1.95. The van der Waals surface area contributed by atoms with E-state index in [2.05, 4.69) is 42.2 Å². The summed E-state index contributed by atoms with van der Waals surface area (Å²) in [6, 6.07) is 6.34. The molecule has 1 aromatic carbocycles. The lowest BCUT2D eigenvalue weighted by atomic mass is 10.3. The van der Waals surface area contributed by atoms with Crippen LogP contribution in [0.5, 0.6) is 0 Å². The predicted molar refractivity (Wildman–Crippen MR) is 74.3 cm³/mol. The molecule has 0 bridgehead atoms. The van der Waals surface area contributed by atoms with Crippen LogP contribution in [0.4, 0.5) is 15.9 Å². The second-order valence-corrected chi connectivity index (χ2v) is 5.42. The van der Waals surface area contributed by atoms with Crippen molar-refractivity contribution in [2.45, 2.75) is 0 Å². The number of halogens is 4. The van der Waals surface area contributed by atoms with Crippen LogP contribution in [0.15, 0.2) is 39.4 Å². The van der Waals surface area contributed by atoms with E-state index in [-0.39, 0.29) is 5.02 Å². The number of nitrogens with zero attached hydrogens (tertiary/aromatic N) is 1. The summed E-state index contributed by atoms with van der Waals surface area (Å²) in [5, 5.41) is 3.09. The summed E-state index contributed by atoms with van der Waals surface area (Å²) in [4.78, 5) is 4.16. The second kappa shape index (κ2) is 5.33. The monoisotopic (exact) mass is 378 g/mol. The van der Waals surface area contributed by atoms with Gasteiger partial charge in [-0.2, -0.15) is 0 Å². The van der Waals surface area contributed by atoms with Gasteiger partial charge in [0.1, 0.15) is 11.6 Å². The molecule has 17 heavy (non-hydrogen) atoms. The maximum absolute atomic E-state index is 13.2. The molecule has 1 aromatic heterocycles. The normalized spacial score (nSPS) is 10.4. The lowest BCUT2D eigenvalue weighted by molar-refractivity contribution is 0.629. The van der Waals surface area contributed by atoms with Crippen LogP contribution in [-0.4, -0.2) is 4.98 Å². The topological polar surface area (TPSA) is 24.9 Å². The van der Waals surface area contributed by atoms with E-state index in [1.54, 1.807) is 12.3 Å². The number of rotatable bonds is 2. The molecule has 0 saturated heterocycles. The van der Waals surface area contributed by atoms with Crippen LogP contribution in [0.1, 0.15) is 0 Å². The summed E-state index contributed by atoms with van der Waals surface area (Å²) in [5.41, 5.74) is 0.586. The number of anilines is 2. The molecule has 2 aromatic rings. The lowest BCUT2D eigenvalue weighted by Gasteiger charge is -2.08. The third kappa shape index (κ3) is 3.18. The van der Waals surface area contributed by atoms with E-state index in [9.17, 15) is 4.39 Å². The highest BCUT2D eigenvalue weighted by Gasteiger charge is 2.05. The highest BCUT2D eigenvalue weighted by Crippen LogP contribution is 2.27. The van der Waals surface area contributed by atoms with Gasteiger partial charge in [-0.15, -0.1) is 0 Å². The molecule has 0 atom stereocenters. The molecule has 0 radical (unpaired) electrons. The molecule has 0 spiro atoms. The Morgan fingerprint density at radius 3 is 2.65 bits per heavy atom. The van der Waals surface area contributed by atoms with E-state index in [0.717, 1.165) is 8.95 Å². The first-order valence-electron chi connectivity index (χ1n) is 4.59. The van der Waals surface area contributed by atoms with E-state index in [0.29, 0.717) is 11.5 Å². The summed E-state index contributed by atoms with van der Waals surface area (Å²) in [6.07, 6.45) is 1.65. The number of hydrogen-bond acceptors (Lipinski definition) is 2. The Kier molecular flexibility index (Phi) is 4.01. The zero-order chi connectivity index (χ0) is 12.4. The maximum Gasteiger partial charge on any atom is 0.144 e. The van der Waals surface area contributed by atoms with Crippen LogP contribution in [0, 0.1) is 5.82 Å². The molecule has 0 aliphatic heterocycles. The fourth-order valence-electron chi connectivity index (χ4n) is 1.22. The van der Waals surface area contributed by atoms with E-state index in [4.69, 9.17) is 11.6 Å². The summed E-state index contributed by atoms with van der Waals surface area (Å²) < 4.78 is 14.9. The SMILES string of the molecule is Fc1cc(Nc2ncc(Br)cc2Br)ccc1Cl. The minimum atomic E-state index is -0.468. The Labute approximate surface area is 119 Å². The van der Waals surface area contributed by atoms with Gasteiger partial charge in [-0.25, -0.2) is 9.37 Å². The van der Waals surface area contributed by atoms with E-state index >= 15 is 0 Å². The third-order valence-corrected chi connectivity index (χ3v) is 3.33. The molecular weight excluding hydrogens is 374 g/mol. The minimum absolute atomic E-state index is 0.0957. The Morgan fingerprint density at radius 2 is 2.00 bits per heavy atom. The first-order chi connectivity index (χ1) is 8.06. The van der Waals surface area contributed by atoms with Gasteiger partial charge in [0.05, 0.1) is 9.50 Å². The number of benzene rings is 1. The van der Waals surface area contributed by atoms with Gasteiger partial charge in [0.15, 0.2) is 0 Å². The molecule has 0 aliphatic carbocycles. The van der Waals surface area contributed by atoms with E-state index < -0.39 is 5.82 Å².